The maximum atomic E-state index is 6.36. The van der Waals surface area contributed by atoms with E-state index in [1.807, 2.05) is 0 Å². The van der Waals surface area contributed by atoms with Gasteiger partial charge in [-0.05, 0) is 55.4 Å². The van der Waals surface area contributed by atoms with Crippen LogP contribution in [-0.4, -0.2) is 0 Å². The zero-order chi connectivity index (χ0) is 19.0. The van der Waals surface area contributed by atoms with Gasteiger partial charge in [0.2, 0.25) is 0 Å². The first-order chi connectivity index (χ1) is 12.7. The van der Waals surface area contributed by atoms with E-state index in [2.05, 4.69) is 32.9 Å². The largest absolute Gasteiger partial charge is 0.398 e. The minimum atomic E-state index is 1.03. The Morgan fingerprint density at radius 3 is 1.50 bits per heavy atom. The molecule has 0 aromatic heterocycles. The van der Waals surface area contributed by atoms with Gasteiger partial charge >= 0.3 is 0 Å². The Morgan fingerprint density at radius 1 is 0.577 bits per heavy atom. The molecular weight excluding hydrogens is 314 g/mol. The Hall–Kier alpha value is -0.980. The molecule has 0 amide bonds. The monoisotopic (exact) mass is 359 g/mol. The van der Waals surface area contributed by atoms with Crippen LogP contribution in [0.15, 0.2) is 12.1 Å². The summed E-state index contributed by atoms with van der Waals surface area (Å²) in [6, 6.07) is 4.35. The molecule has 26 heavy (non-hydrogen) atoms. The maximum absolute atomic E-state index is 6.36. The van der Waals surface area contributed by atoms with E-state index in [0.717, 1.165) is 5.69 Å². The average Bonchev–Trinajstić information content (AvgIpc) is 2.64. The van der Waals surface area contributed by atoms with E-state index in [9.17, 15) is 0 Å². The number of hydrogen-bond acceptors (Lipinski definition) is 1. The van der Waals surface area contributed by atoms with Crippen molar-refractivity contribution in [3.8, 4) is 0 Å². The standard InChI is InChI=1S/C25H45N/c1-4-6-8-10-12-14-16-18-23-22(3)20-21-25(26)24(23)19-17-15-13-11-9-7-5-2/h20-21H,4-19,26H2,1-3H3. The second-order valence-corrected chi connectivity index (χ2v) is 8.17. The summed E-state index contributed by atoms with van der Waals surface area (Å²) in [5, 5.41) is 0. The first kappa shape index (κ1) is 23.1. The van der Waals surface area contributed by atoms with Crippen LogP contribution in [0.5, 0.6) is 0 Å². The highest BCUT2D eigenvalue weighted by Gasteiger charge is 2.09. The van der Waals surface area contributed by atoms with Crippen molar-refractivity contribution in [3.05, 3.63) is 28.8 Å². The lowest BCUT2D eigenvalue weighted by Gasteiger charge is -2.16. The van der Waals surface area contributed by atoms with E-state index in [4.69, 9.17) is 5.73 Å². The van der Waals surface area contributed by atoms with Crippen molar-refractivity contribution in [2.75, 3.05) is 5.73 Å². The topological polar surface area (TPSA) is 26.0 Å². The highest BCUT2D eigenvalue weighted by molar-refractivity contribution is 5.54. The van der Waals surface area contributed by atoms with Gasteiger partial charge in [-0.25, -0.2) is 0 Å². The van der Waals surface area contributed by atoms with Gasteiger partial charge in [-0.15, -0.1) is 0 Å². The van der Waals surface area contributed by atoms with Crippen molar-refractivity contribution in [2.45, 2.75) is 124 Å². The van der Waals surface area contributed by atoms with Crippen LogP contribution >= 0.6 is 0 Å². The first-order valence-corrected chi connectivity index (χ1v) is 11.6. The SMILES string of the molecule is CCCCCCCCCc1c(C)ccc(N)c1CCCCCCCCC. The van der Waals surface area contributed by atoms with E-state index >= 15 is 0 Å². The molecule has 0 spiro atoms. The van der Waals surface area contributed by atoms with Crippen molar-refractivity contribution < 1.29 is 0 Å². The number of benzene rings is 1. The maximum Gasteiger partial charge on any atom is 0.0349 e. The summed E-state index contributed by atoms with van der Waals surface area (Å²) < 4.78 is 0. The van der Waals surface area contributed by atoms with Crippen molar-refractivity contribution in [3.63, 3.8) is 0 Å². The zero-order valence-electron chi connectivity index (χ0n) is 18.0. The Balaban J connectivity index is 2.38. The highest BCUT2D eigenvalue weighted by atomic mass is 14.6. The van der Waals surface area contributed by atoms with Crippen LogP contribution in [0, 0.1) is 6.92 Å². The molecule has 2 N–H and O–H groups in total. The molecule has 0 aliphatic heterocycles. The molecule has 0 atom stereocenters. The average molecular weight is 360 g/mol. The molecule has 0 aliphatic carbocycles. The van der Waals surface area contributed by atoms with Gasteiger partial charge in [0.15, 0.2) is 0 Å². The predicted octanol–water partition coefficient (Wildman–Crippen LogP) is 8.16. The zero-order valence-corrected chi connectivity index (χ0v) is 18.0. The van der Waals surface area contributed by atoms with Gasteiger partial charge in [-0.3, -0.25) is 0 Å². The van der Waals surface area contributed by atoms with Gasteiger partial charge in [0, 0.05) is 5.69 Å². The third-order valence-corrected chi connectivity index (χ3v) is 5.76. The van der Waals surface area contributed by atoms with Gasteiger partial charge in [0.05, 0.1) is 0 Å². The number of rotatable bonds is 16. The lowest BCUT2D eigenvalue weighted by Crippen LogP contribution is -2.03. The molecular formula is C25H45N. The minimum absolute atomic E-state index is 1.03. The summed E-state index contributed by atoms with van der Waals surface area (Å²) in [5.74, 6) is 0. The fourth-order valence-electron chi connectivity index (χ4n) is 3.99. The van der Waals surface area contributed by atoms with Gasteiger partial charge in [-0.2, -0.15) is 0 Å². The number of nitrogens with two attached hydrogens (primary N) is 1. The summed E-state index contributed by atoms with van der Waals surface area (Å²) in [6.45, 7) is 6.84. The van der Waals surface area contributed by atoms with Gasteiger partial charge < -0.3 is 5.73 Å². The van der Waals surface area contributed by atoms with Crippen LogP contribution in [0.25, 0.3) is 0 Å². The Kier molecular flexibility index (Phi) is 13.4. The van der Waals surface area contributed by atoms with Crippen LogP contribution < -0.4 is 5.73 Å². The molecule has 1 aromatic carbocycles. The van der Waals surface area contributed by atoms with E-state index < -0.39 is 0 Å². The number of hydrogen-bond donors (Lipinski definition) is 1. The minimum Gasteiger partial charge on any atom is -0.398 e. The van der Waals surface area contributed by atoms with Crippen molar-refractivity contribution in [2.24, 2.45) is 0 Å². The molecule has 0 radical (unpaired) electrons. The molecule has 0 saturated heterocycles. The summed E-state index contributed by atoms with van der Waals surface area (Å²) in [5.41, 5.74) is 11.9. The van der Waals surface area contributed by atoms with Crippen LogP contribution in [0.1, 0.15) is 120 Å². The van der Waals surface area contributed by atoms with Gasteiger partial charge in [0.25, 0.3) is 0 Å². The third kappa shape index (κ3) is 9.64. The van der Waals surface area contributed by atoms with Crippen LogP contribution in [0.4, 0.5) is 5.69 Å². The molecule has 150 valence electrons. The fourth-order valence-corrected chi connectivity index (χ4v) is 3.99. The highest BCUT2D eigenvalue weighted by Crippen LogP contribution is 2.26. The number of nitrogen functional groups attached to an aromatic ring is 1. The molecule has 0 aliphatic rings. The van der Waals surface area contributed by atoms with Gasteiger partial charge in [-0.1, -0.05) is 97.0 Å². The Labute approximate surface area is 164 Å². The van der Waals surface area contributed by atoms with Crippen LogP contribution in [0.2, 0.25) is 0 Å². The van der Waals surface area contributed by atoms with Crippen LogP contribution in [-0.2, 0) is 12.8 Å². The van der Waals surface area contributed by atoms with Crippen molar-refractivity contribution >= 4 is 5.69 Å². The second kappa shape index (κ2) is 15.1. The van der Waals surface area contributed by atoms with E-state index in [1.54, 1.807) is 5.56 Å². The smallest absolute Gasteiger partial charge is 0.0349 e. The van der Waals surface area contributed by atoms with Gasteiger partial charge in [0.1, 0.15) is 0 Å². The first-order valence-electron chi connectivity index (χ1n) is 11.6. The molecule has 0 saturated carbocycles. The summed E-state index contributed by atoms with van der Waals surface area (Å²) >= 11 is 0. The molecule has 0 bridgehead atoms. The molecule has 0 fully saturated rings. The lowest BCUT2D eigenvalue weighted by atomic mass is 9.91. The fraction of sp³-hybridized carbons (Fsp3) is 0.760. The summed E-state index contributed by atoms with van der Waals surface area (Å²) in [6.07, 6.45) is 21.6. The van der Waals surface area contributed by atoms with E-state index in [0.29, 0.717) is 0 Å². The molecule has 0 heterocycles. The Bertz CT molecular complexity index is 420. The number of aryl methyl sites for hydroxylation is 1. The van der Waals surface area contributed by atoms with Crippen molar-refractivity contribution in [1.29, 1.82) is 0 Å². The molecule has 1 rings (SSSR count). The quantitative estimate of drug-likeness (QED) is 0.234. The second-order valence-electron chi connectivity index (χ2n) is 8.17. The van der Waals surface area contributed by atoms with Crippen LogP contribution in [0.3, 0.4) is 0 Å². The van der Waals surface area contributed by atoms with E-state index in [-0.39, 0.29) is 0 Å². The number of unbranched alkanes of at least 4 members (excludes halogenated alkanes) is 12. The molecule has 0 unspecified atom stereocenters. The van der Waals surface area contributed by atoms with E-state index in [1.165, 1.54) is 114 Å². The molecule has 1 nitrogen and oxygen atoms in total. The predicted molar refractivity (Wildman–Crippen MR) is 119 cm³/mol. The van der Waals surface area contributed by atoms with Crippen molar-refractivity contribution in [1.82, 2.24) is 0 Å². The number of anilines is 1. The Morgan fingerprint density at radius 2 is 1.00 bits per heavy atom. The molecule has 1 aromatic rings. The summed E-state index contributed by atoms with van der Waals surface area (Å²) in [7, 11) is 0. The third-order valence-electron chi connectivity index (χ3n) is 5.76. The molecule has 1 heteroatoms. The normalized spacial score (nSPS) is 11.2. The summed E-state index contributed by atoms with van der Waals surface area (Å²) in [4.78, 5) is 0. The lowest BCUT2D eigenvalue weighted by molar-refractivity contribution is 0.583.